The zero-order valence-electron chi connectivity index (χ0n) is 24.7. The van der Waals surface area contributed by atoms with Gasteiger partial charge in [-0.25, -0.2) is 8.42 Å². The molecule has 2 amide bonds. The number of sulfone groups is 1. The number of nitrogens with one attached hydrogen (secondary N) is 1. The zero-order chi connectivity index (χ0) is 29.3. The Kier molecular flexibility index (Phi) is 8.76. The lowest BCUT2D eigenvalue weighted by Gasteiger charge is -2.54. The fraction of sp³-hybridized carbons (Fsp3) is 0.581. The molecule has 0 radical (unpaired) electrons. The molecule has 2 aromatic rings. The van der Waals surface area contributed by atoms with E-state index in [1.807, 2.05) is 42.3 Å². The Morgan fingerprint density at radius 3 is 2.48 bits per heavy atom. The largest absolute Gasteiger partial charge is 0.340 e. The minimum atomic E-state index is -3.47. The predicted octanol–water partition coefficient (Wildman–Crippen LogP) is 4.31. The number of likely N-dealkylation sites (tertiary alicyclic amines) is 1. The van der Waals surface area contributed by atoms with Gasteiger partial charge in [-0.2, -0.15) is 0 Å². The second-order valence-corrected chi connectivity index (χ2v) is 15.4. The van der Waals surface area contributed by atoms with Crippen molar-refractivity contribution in [1.82, 2.24) is 20.1 Å². The van der Waals surface area contributed by atoms with E-state index in [0.717, 1.165) is 30.4 Å². The minimum absolute atomic E-state index is 0.00159. The van der Waals surface area contributed by atoms with Crippen molar-refractivity contribution in [3.05, 3.63) is 54.4 Å². The van der Waals surface area contributed by atoms with E-state index in [4.69, 9.17) is 0 Å². The van der Waals surface area contributed by atoms with Crippen LogP contribution in [-0.4, -0.2) is 82.8 Å². The summed E-state index contributed by atoms with van der Waals surface area (Å²) in [5.74, 6) is -0.473. The van der Waals surface area contributed by atoms with Gasteiger partial charge in [0.1, 0.15) is 6.04 Å². The van der Waals surface area contributed by atoms with Crippen LogP contribution >= 0.6 is 0 Å². The summed E-state index contributed by atoms with van der Waals surface area (Å²) in [6, 6.07) is 10.7. The van der Waals surface area contributed by atoms with Crippen LogP contribution in [-0.2, 0) is 14.6 Å². The Morgan fingerprint density at radius 2 is 1.82 bits per heavy atom. The molecule has 0 bridgehead atoms. The highest BCUT2D eigenvalue weighted by Crippen LogP contribution is 2.41. The van der Waals surface area contributed by atoms with Crippen LogP contribution in [0.5, 0.6) is 0 Å². The molecule has 9 heteroatoms. The standard InChI is InChI=1S/C31H44N4O4S/c1-22(2)34(6)31(21-40(38,39)30(3,4)5)16-11-10-14-27(31)35-17-15-26(29(35)37)33-28(36)25-18-24(19-32-20-25)23-12-8-7-9-13-23/h7-9,12-13,18-20,22,26-27H,10-11,14-17,21H2,1-6H3,(H,33,36)/t26-,27-,31-/m0/s1. The first-order valence-electron chi connectivity index (χ1n) is 14.3. The van der Waals surface area contributed by atoms with Crippen molar-refractivity contribution in [2.75, 3.05) is 19.3 Å². The van der Waals surface area contributed by atoms with Gasteiger partial charge in [-0.05, 0) is 72.6 Å². The number of hydrogen-bond donors (Lipinski definition) is 1. The van der Waals surface area contributed by atoms with E-state index >= 15 is 0 Å². The first-order chi connectivity index (χ1) is 18.8. The number of likely N-dealkylation sites (N-methyl/N-ethyl adjacent to an activating group) is 1. The summed E-state index contributed by atoms with van der Waals surface area (Å²) in [6.07, 6.45) is 7.02. The number of benzene rings is 1. The first-order valence-corrected chi connectivity index (χ1v) is 16.0. The molecule has 0 unspecified atom stereocenters. The van der Waals surface area contributed by atoms with Gasteiger partial charge >= 0.3 is 0 Å². The molecular formula is C31H44N4O4S. The number of rotatable bonds is 8. The molecule has 1 aliphatic carbocycles. The predicted molar refractivity (Wildman–Crippen MR) is 159 cm³/mol. The lowest BCUT2D eigenvalue weighted by Crippen LogP contribution is -2.68. The molecule has 3 atom stereocenters. The molecule has 2 heterocycles. The molecule has 1 saturated carbocycles. The monoisotopic (exact) mass is 568 g/mol. The number of nitrogens with zero attached hydrogens (tertiary/aromatic N) is 3. The number of aromatic nitrogens is 1. The van der Waals surface area contributed by atoms with Gasteiger partial charge in [0.2, 0.25) is 5.91 Å². The number of carbonyl (C=O) groups excluding carboxylic acids is 2. The summed E-state index contributed by atoms with van der Waals surface area (Å²) >= 11 is 0. The van der Waals surface area contributed by atoms with Crippen LogP contribution in [0.15, 0.2) is 48.8 Å². The minimum Gasteiger partial charge on any atom is -0.340 e. The first kappa shape index (κ1) is 30.2. The van der Waals surface area contributed by atoms with E-state index in [1.54, 1.807) is 33.0 Å². The maximum Gasteiger partial charge on any atom is 0.253 e. The van der Waals surface area contributed by atoms with Crippen molar-refractivity contribution in [1.29, 1.82) is 0 Å². The van der Waals surface area contributed by atoms with Crippen molar-refractivity contribution in [2.24, 2.45) is 0 Å². The number of pyridine rings is 1. The van der Waals surface area contributed by atoms with Crippen molar-refractivity contribution < 1.29 is 18.0 Å². The molecule has 1 N–H and O–H groups in total. The second kappa shape index (κ2) is 11.6. The second-order valence-electron chi connectivity index (χ2n) is 12.6. The fourth-order valence-electron chi connectivity index (χ4n) is 6.13. The van der Waals surface area contributed by atoms with Gasteiger partial charge in [-0.15, -0.1) is 0 Å². The molecule has 1 aromatic carbocycles. The van der Waals surface area contributed by atoms with E-state index in [-0.39, 0.29) is 29.7 Å². The van der Waals surface area contributed by atoms with Crippen molar-refractivity contribution in [3.63, 3.8) is 0 Å². The zero-order valence-corrected chi connectivity index (χ0v) is 25.5. The third-order valence-electron chi connectivity index (χ3n) is 8.84. The van der Waals surface area contributed by atoms with Crippen LogP contribution in [0.2, 0.25) is 0 Å². The van der Waals surface area contributed by atoms with Crippen LogP contribution in [0.4, 0.5) is 0 Å². The number of carbonyl (C=O) groups is 2. The quantitative estimate of drug-likeness (QED) is 0.509. The van der Waals surface area contributed by atoms with Crippen LogP contribution in [0.25, 0.3) is 11.1 Å². The summed E-state index contributed by atoms with van der Waals surface area (Å²) in [5, 5.41) is 2.94. The highest BCUT2D eigenvalue weighted by molar-refractivity contribution is 7.92. The fourth-order valence-corrected chi connectivity index (χ4v) is 7.76. The molecule has 1 saturated heterocycles. The highest BCUT2D eigenvalue weighted by Gasteiger charge is 2.54. The molecule has 0 spiro atoms. The van der Waals surface area contributed by atoms with Gasteiger partial charge < -0.3 is 10.2 Å². The number of hydrogen-bond acceptors (Lipinski definition) is 6. The molecule has 1 aromatic heterocycles. The molecule has 218 valence electrons. The van der Waals surface area contributed by atoms with Gasteiger partial charge in [0.05, 0.1) is 27.6 Å². The van der Waals surface area contributed by atoms with Crippen molar-refractivity contribution >= 4 is 21.7 Å². The molecule has 2 aliphatic rings. The average Bonchev–Trinajstić information content (AvgIpc) is 3.27. The molecule has 4 rings (SSSR count). The highest BCUT2D eigenvalue weighted by atomic mass is 32.2. The Balaban J connectivity index is 1.57. The SMILES string of the molecule is CC(C)N(C)[C@]1(CS(=O)(=O)C(C)(C)C)CCCC[C@@H]1N1CC[C@H](NC(=O)c2cncc(-c3ccccc3)c2)C1=O. The molecular weight excluding hydrogens is 524 g/mol. The van der Waals surface area contributed by atoms with Crippen molar-refractivity contribution in [2.45, 2.75) is 95.1 Å². The third kappa shape index (κ3) is 5.96. The van der Waals surface area contributed by atoms with E-state index in [2.05, 4.69) is 29.0 Å². The van der Waals surface area contributed by atoms with Gasteiger partial charge in [-0.1, -0.05) is 43.2 Å². The van der Waals surface area contributed by atoms with E-state index < -0.39 is 26.2 Å². The van der Waals surface area contributed by atoms with E-state index in [1.165, 1.54) is 6.20 Å². The Labute approximate surface area is 239 Å². The third-order valence-corrected chi connectivity index (χ3v) is 11.6. The summed E-state index contributed by atoms with van der Waals surface area (Å²) in [7, 11) is -1.47. The molecule has 1 aliphatic heterocycles. The number of amides is 2. The average molecular weight is 569 g/mol. The summed E-state index contributed by atoms with van der Waals surface area (Å²) in [6.45, 7) is 9.87. The van der Waals surface area contributed by atoms with Gasteiger partial charge in [0.25, 0.3) is 5.91 Å². The summed E-state index contributed by atoms with van der Waals surface area (Å²) in [4.78, 5) is 35.4. The van der Waals surface area contributed by atoms with Crippen LogP contribution in [0, 0.1) is 0 Å². The van der Waals surface area contributed by atoms with Crippen LogP contribution in [0.1, 0.15) is 77.1 Å². The Bertz CT molecular complexity index is 1320. The van der Waals surface area contributed by atoms with Crippen LogP contribution in [0.3, 0.4) is 0 Å². The molecule has 2 fully saturated rings. The van der Waals surface area contributed by atoms with Crippen LogP contribution < -0.4 is 5.32 Å². The maximum absolute atomic E-state index is 13.8. The van der Waals surface area contributed by atoms with E-state index in [9.17, 15) is 18.0 Å². The molecule has 8 nitrogen and oxygen atoms in total. The topological polar surface area (TPSA) is 99.7 Å². The molecule has 40 heavy (non-hydrogen) atoms. The normalized spacial score (nSPS) is 24.1. The Morgan fingerprint density at radius 1 is 1.12 bits per heavy atom. The van der Waals surface area contributed by atoms with E-state index in [0.29, 0.717) is 24.9 Å². The van der Waals surface area contributed by atoms with Gasteiger partial charge in [0, 0.05) is 30.5 Å². The smallest absolute Gasteiger partial charge is 0.253 e. The summed E-state index contributed by atoms with van der Waals surface area (Å²) in [5.41, 5.74) is 1.49. The lowest BCUT2D eigenvalue weighted by atomic mass is 9.76. The lowest BCUT2D eigenvalue weighted by molar-refractivity contribution is -0.136. The van der Waals surface area contributed by atoms with Gasteiger partial charge in [-0.3, -0.25) is 19.5 Å². The Hall–Kier alpha value is -2.78. The maximum atomic E-state index is 13.8. The summed E-state index contributed by atoms with van der Waals surface area (Å²) < 4.78 is 26.3. The van der Waals surface area contributed by atoms with Gasteiger partial charge in [0.15, 0.2) is 9.84 Å². The van der Waals surface area contributed by atoms with Crippen molar-refractivity contribution in [3.8, 4) is 11.1 Å².